The average Bonchev–Trinajstić information content (AvgIpc) is 3.30. The highest BCUT2D eigenvalue weighted by Gasteiger charge is 2.31. The molecule has 2 heterocycles. The summed E-state index contributed by atoms with van der Waals surface area (Å²) in [6.45, 7) is 0. The van der Waals surface area contributed by atoms with Crippen molar-refractivity contribution < 1.29 is 22.7 Å². The van der Waals surface area contributed by atoms with E-state index in [4.69, 9.17) is 0 Å². The predicted molar refractivity (Wildman–Crippen MR) is 110 cm³/mol. The second-order valence-corrected chi connectivity index (χ2v) is 6.46. The van der Waals surface area contributed by atoms with Crippen LogP contribution in [-0.2, 0) is 0 Å². The molecule has 11 heteroatoms. The molecule has 0 aliphatic rings. The Bertz CT molecular complexity index is 1190. The first kappa shape index (κ1) is 20.8. The third-order valence-corrected chi connectivity index (χ3v) is 4.19. The fourth-order valence-corrected chi connectivity index (χ4v) is 2.75. The molecule has 0 radical (unpaired) electrons. The normalized spacial score (nSPS) is 11.1. The van der Waals surface area contributed by atoms with Gasteiger partial charge in [-0.2, -0.15) is 0 Å². The first-order chi connectivity index (χ1) is 15.4. The molecule has 0 unspecified atom stereocenters. The number of nitrogens with one attached hydrogen (secondary N) is 2. The molecule has 32 heavy (non-hydrogen) atoms. The molecule has 8 nitrogen and oxygen atoms in total. The van der Waals surface area contributed by atoms with Crippen LogP contribution in [0.1, 0.15) is 10.4 Å². The molecule has 4 rings (SSSR count). The number of alkyl halides is 3. The summed E-state index contributed by atoms with van der Waals surface area (Å²) in [6.07, 6.45) is 1.68. The fourth-order valence-electron chi connectivity index (χ4n) is 2.75. The average molecular weight is 440 g/mol. The van der Waals surface area contributed by atoms with Crippen LogP contribution in [0.25, 0.3) is 5.82 Å². The molecule has 2 N–H and O–H groups in total. The van der Waals surface area contributed by atoms with Crippen LogP contribution in [0.15, 0.2) is 79.6 Å². The minimum absolute atomic E-state index is 0.190. The van der Waals surface area contributed by atoms with Crippen molar-refractivity contribution in [1.29, 1.82) is 0 Å². The number of nitrogens with zero attached hydrogens (tertiary/aromatic N) is 4. The lowest BCUT2D eigenvalue weighted by molar-refractivity contribution is -0.274. The van der Waals surface area contributed by atoms with Crippen LogP contribution in [0.2, 0.25) is 0 Å². The van der Waals surface area contributed by atoms with E-state index in [1.807, 2.05) is 0 Å². The number of rotatable bonds is 6. The first-order valence-electron chi connectivity index (χ1n) is 9.20. The van der Waals surface area contributed by atoms with Gasteiger partial charge in [-0.1, -0.05) is 0 Å². The Morgan fingerprint density at radius 2 is 1.69 bits per heavy atom. The molecule has 0 aliphatic carbocycles. The number of amides is 1. The Kier molecular flexibility index (Phi) is 5.71. The number of benzene rings is 2. The van der Waals surface area contributed by atoms with Crippen LogP contribution >= 0.6 is 0 Å². The zero-order chi connectivity index (χ0) is 22.6. The van der Waals surface area contributed by atoms with Crippen molar-refractivity contribution >= 4 is 23.1 Å². The molecule has 162 valence electrons. The highest BCUT2D eigenvalue weighted by Crippen LogP contribution is 2.23. The van der Waals surface area contributed by atoms with Crippen molar-refractivity contribution in [3.05, 3.63) is 85.2 Å². The third-order valence-electron chi connectivity index (χ3n) is 4.19. The fraction of sp³-hybridized carbons (Fsp3) is 0.0476. The van der Waals surface area contributed by atoms with Crippen LogP contribution < -0.4 is 15.4 Å². The summed E-state index contributed by atoms with van der Waals surface area (Å²) in [5, 5.41) is 5.82. The number of anilines is 3. The maximum absolute atomic E-state index is 12.3. The Hall–Kier alpha value is -4.41. The highest BCUT2D eigenvalue weighted by atomic mass is 19.4. The van der Waals surface area contributed by atoms with Crippen molar-refractivity contribution in [3.8, 4) is 11.6 Å². The molecule has 2 aromatic carbocycles. The van der Waals surface area contributed by atoms with E-state index >= 15 is 0 Å². The zero-order valence-electron chi connectivity index (χ0n) is 16.2. The smallest absolute Gasteiger partial charge is 0.406 e. The lowest BCUT2D eigenvalue weighted by Crippen LogP contribution is -2.17. The Morgan fingerprint density at radius 3 is 2.34 bits per heavy atom. The number of hydrogen-bond acceptors (Lipinski definition) is 6. The number of carbonyl (C=O) groups is 1. The van der Waals surface area contributed by atoms with Gasteiger partial charge >= 0.3 is 6.36 Å². The number of imidazole rings is 1. The summed E-state index contributed by atoms with van der Waals surface area (Å²) in [5.74, 6) is 0.354. The van der Waals surface area contributed by atoms with Crippen LogP contribution in [-0.4, -0.2) is 31.8 Å². The minimum atomic E-state index is -4.79. The number of hydrogen-bond donors (Lipinski definition) is 2. The zero-order valence-corrected chi connectivity index (χ0v) is 16.2. The number of carbonyl (C=O) groups excluding carboxylic acids is 1. The number of aromatic nitrogens is 4. The van der Waals surface area contributed by atoms with Gasteiger partial charge in [0, 0.05) is 35.4 Å². The van der Waals surface area contributed by atoms with Gasteiger partial charge in [-0.25, -0.2) is 15.0 Å². The second kappa shape index (κ2) is 8.76. The number of halogens is 3. The Balaban J connectivity index is 1.38. The van der Waals surface area contributed by atoms with E-state index in [-0.39, 0.29) is 5.56 Å². The monoisotopic (exact) mass is 440 g/mol. The SMILES string of the molecule is O=C(Nc1ccc(Nc2cc(-n3ccnc3)ncn2)cc1)c1ccc(OC(F)(F)F)cc1. The van der Waals surface area contributed by atoms with E-state index in [1.165, 1.54) is 18.5 Å². The van der Waals surface area contributed by atoms with E-state index in [9.17, 15) is 18.0 Å². The molecule has 0 spiro atoms. The van der Waals surface area contributed by atoms with Gasteiger partial charge in [0.2, 0.25) is 0 Å². The standard InChI is InChI=1S/C21H15F3N6O2/c22-21(23,24)32-17-7-1-14(2-8-17)20(31)29-16-5-3-15(4-6-16)28-18-11-19(27-12-26-18)30-10-9-25-13-30/h1-13H,(H,29,31)(H,26,27,28). The van der Waals surface area contributed by atoms with Crippen LogP contribution in [0.4, 0.5) is 30.4 Å². The van der Waals surface area contributed by atoms with Gasteiger partial charge in [-0.15, -0.1) is 13.2 Å². The first-order valence-corrected chi connectivity index (χ1v) is 9.20. The maximum Gasteiger partial charge on any atom is 0.573 e. The van der Waals surface area contributed by atoms with Gasteiger partial charge in [-0.05, 0) is 48.5 Å². The van der Waals surface area contributed by atoms with Gasteiger partial charge in [0.1, 0.15) is 30.0 Å². The van der Waals surface area contributed by atoms with E-state index in [1.54, 1.807) is 53.6 Å². The molecule has 1 amide bonds. The van der Waals surface area contributed by atoms with Crippen molar-refractivity contribution in [2.24, 2.45) is 0 Å². The lowest BCUT2D eigenvalue weighted by atomic mass is 10.2. The number of ether oxygens (including phenoxy) is 1. The van der Waals surface area contributed by atoms with Crippen molar-refractivity contribution in [1.82, 2.24) is 19.5 Å². The van der Waals surface area contributed by atoms with Gasteiger partial charge in [-0.3, -0.25) is 9.36 Å². The van der Waals surface area contributed by atoms with E-state index in [0.29, 0.717) is 17.3 Å². The molecular formula is C21H15F3N6O2. The third kappa shape index (κ3) is 5.39. The predicted octanol–water partition coefficient (Wildman–Crippen LogP) is 4.56. The molecule has 0 fully saturated rings. The summed E-state index contributed by atoms with van der Waals surface area (Å²) in [6, 6.07) is 13.3. The van der Waals surface area contributed by atoms with Crippen LogP contribution in [0.5, 0.6) is 5.75 Å². The molecule has 0 saturated heterocycles. The topological polar surface area (TPSA) is 94.0 Å². The van der Waals surface area contributed by atoms with E-state index < -0.39 is 18.0 Å². The maximum atomic E-state index is 12.3. The molecule has 2 aromatic heterocycles. The largest absolute Gasteiger partial charge is 0.573 e. The Labute approximate surface area is 179 Å². The van der Waals surface area contributed by atoms with Gasteiger partial charge in [0.05, 0.1) is 0 Å². The van der Waals surface area contributed by atoms with Crippen LogP contribution in [0.3, 0.4) is 0 Å². The van der Waals surface area contributed by atoms with Crippen LogP contribution in [0, 0.1) is 0 Å². The Morgan fingerprint density at radius 1 is 0.969 bits per heavy atom. The van der Waals surface area contributed by atoms with Crippen molar-refractivity contribution in [2.45, 2.75) is 6.36 Å². The summed E-state index contributed by atoms with van der Waals surface area (Å²) >= 11 is 0. The van der Waals surface area contributed by atoms with Gasteiger partial charge in [0.15, 0.2) is 0 Å². The summed E-state index contributed by atoms with van der Waals surface area (Å²) < 4.78 is 42.2. The van der Waals surface area contributed by atoms with Gasteiger partial charge < -0.3 is 15.4 Å². The van der Waals surface area contributed by atoms with E-state index in [0.717, 1.165) is 17.8 Å². The van der Waals surface area contributed by atoms with Crippen molar-refractivity contribution in [2.75, 3.05) is 10.6 Å². The summed E-state index contributed by atoms with van der Waals surface area (Å²) in [5.41, 5.74) is 1.43. The van der Waals surface area contributed by atoms with Crippen molar-refractivity contribution in [3.63, 3.8) is 0 Å². The van der Waals surface area contributed by atoms with Gasteiger partial charge in [0.25, 0.3) is 5.91 Å². The molecule has 0 saturated carbocycles. The lowest BCUT2D eigenvalue weighted by Gasteiger charge is -2.10. The molecular weight excluding hydrogens is 425 g/mol. The minimum Gasteiger partial charge on any atom is -0.406 e. The highest BCUT2D eigenvalue weighted by molar-refractivity contribution is 6.04. The summed E-state index contributed by atoms with van der Waals surface area (Å²) in [4.78, 5) is 24.7. The molecule has 0 aliphatic heterocycles. The molecule has 4 aromatic rings. The molecule has 0 atom stereocenters. The molecule has 0 bridgehead atoms. The van der Waals surface area contributed by atoms with E-state index in [2.05, 4.69) is 30.3 Å². The summed E-state index contributed by atoms with van der Waals surface area (Å²) in [7, 11) is 0. The quantitative estimate of drug-likeness (QED) is 0.457. The second-order valence-electron chi connectivity index (χ2n) is 6.46.